The van der Waals surface area contributed by atoms with Crippen molar-refractivity contribution in [1.82, 2.24) is 0 Å². The lowest BCUT2D eigenvalue weighted by molar-refractivity contribution is -0.115. The normalized spacial score (nSPS) is 18.1. The number of carbonyl (C=O) groups excluding carboxylic acids is 1. The summed E-state index contributed by atoms with van der Waals surface area (Å²) < 4.78 is 5.21. The summed E-state index contributed by atoms with van der Waals surface area (Å²) in [4.78, 5) is 14.3. The second-order valence-electron chi connectivity index (χ2n) is 7.00. The van der Waals surface area contributed by atoms with E-state index in [-0.39, 0.29) is 16.7 Å². The number of hydrogen-bond acceptors (Lipinski definition) is 3. The van der Waals surface area contributed by atoms with Crippen molar-refractivity contribution in [3.8, 4) is 5.75 Å². The molecule has 1 atom stereocenters. The predicted molar refractivity (Wildman–Crippen MR) is 101 cm³/mol. The molecule has 2 aromatic carbocycles. The van der Waals surface area contributed by atoms with Crippen molar-refractivity contribution in [2.75, 3.05) is 17.8 Å². The van der Waals surface area contributed by atoms with E-state index in [0.717, 1.165) is 17.0 Å². The van der Waals surface area contributed by atoms with Crippen LogP contribution in [0.5, 0.6) is 5.75 Å². The average Bonchev–Trinajstić information content (AvgIpc) is 2.96. The van der Waals surface area contributed by atoms with Crippen molar-refractivity contribution in [1.29, 1.82) is 0 Å². The SMILES string of the molecule is COc1ccc(N2C(=O)CS[C@@H]2c2ccc(C(C)(C)C)cc2)cc1. The van der Waals surface area contributed by atoms with Gasteiger partial charge in [-0.25, -0.2) is 0 Å². The monoisotopic (exact) mass is 341 g/mol. The summed E-state index contributed by atoms with van der Waals surface area (Å²) >= 11 is 1.67. The maximum atomic E-state index is 12.4. The maximum absolute atomic E-state index is 12.4. The molecule has 4 heteroatoms. The average molecular weight is 341 g/mol. The van der Waals surface area contributed by atoms with Gasteiger partial charge in [0.05, 0.1) is 12.9 Å². The highest BCUT2D eigenvalue weighted by molar-refractivity contribution is 8.00. The number of methoxy groups -OCH3 is 1. The largest absolute Gasteiger partial charge is 0.497 e. The Kier molecular flexibility index (Phi) is 4.59. The van der Waals surface area contributed by atoms with E-state index in [2.05, 4.69) is 45.0 Å². The first-order chi connectivity index (χ1) is 11.4. The molecule has 1 aliphatic rings. The highest BCUT2D eigenvalue weighted by Crippen LogP contribution is 2.42. The summed E-state index contributed by atoms with van der Waals surface area (Å²) in [7, 11) is 1.64. The molecule has 0 aliphatic carbocycles. The number of anilines is 1. The second kappa shape index (κ2) is 6.52. The molecule has 0 saturated carbocycles. The fourth-order valence-electron chi connectivity index (χ4n) is 2.84. The molecule has 3 nitrogen and oxygen atoms in total. The van der Waals surface area contributed by atoms with Gasteiger partial charge >= 0.3 is 0 Å². The van der Waals surface area contributed by atoms with Gasteiger partial charge in [0.25, 0.3) is 0 Å². The molecule has 1 heterocycles. The van der Waals surface area contributed by atoms with Crippen molar-refractivity contribution in [3.05, 3.63) is 59.7 Å². The van der Waals surface area contributed by atoms with E-state index < -0.39 is 0 Å². The van der Waals surface area contributed by atoms with Crippen LogP contribution in [-0.2, 0) is 10.2 Å². The molecule has 1 fully saturated rings. The number of amides is 1. The van der Waals surface area contributed by atoms with E-state index >= 15 is 0 Å². The number of benzene rings is 2. The molecule has 1 aliphatic heterocycles. The fraction of sp³-hybridized carbons (Fsp3) is 0.350. The van der Waals surface area contributed by atoms with Crippen molar-refractivity contribution >= 4 is 23.4 Å². The van der Waals surface area contributed by atoms with E-state index in [1.54, 1.807) is 18.9 Å². The summed E-state index contributed by atoms with van der Waals surface area (Å²) in [5.41, 5.74) is 3.51. The van der Waals surface area contributed by atoms with E-state index in [1.165, 1.54) is 5.56 Å². The minimum atomic E-state index is 0.0277. The summed E-state index contributed by atoms with van der Waals surface area (Å²) in [5.74, 6) is 1.46. The number of carbonyl (C=O) groups is 1. The van der Waals surface area contributed by atoms with Crippen LogP contribution in [0.15, 0.2) is 48.5 Å². The Hall–Kier alpha value is -1.94. The summed E-state index contributed by atoms with van der Waals surface area (Å²) in [6.07, 6.45) is 0. The van der Waals surface area contributed by atoms with Crippen LogP contribution in [-0.4, -0.2) is 18.8 Å². The Morgan fingerprint density at radius 3 is 2.21 bits per heavy atom. The molecule has 2 aromatic rings. The highest BCUT2D eigenvalue weighted by Gasteiger charge is 2.34. The van der Waals surface area contributed by atoms with Crippen molar-refractivity contribution in [2.45, 2.75) is 31.6 Å². The number of hydrogen-bond donors (Lipinski definition) is 0. The molecular formula is C20H23NO2S. The molecule has 0 aromatic heterocycles. The van der Waals surface area contributed by atoms with Crippen molar-refractivity contribution in [3.63, 3.8) is 0 Å². The molecule has 3 rings (SSSR count). The molecule has 1 saturated heterocycles. The van der Waals surface area contributed by atoms with Gasteiger partial charge in [0.15, 0.2) is 0 Å². The Morgan fingerprint density at radius 2 is 1.67 bits per heavy atom. The summed E-state index contributed by atoms with van der Waals surface area (Å²) in [6.45, 7) is 6.62. The van der Waals surface area contributed by atoms with E-state index in [1.807, 2.05) is 29.2 Å². The summed E-state index contributed by atoms with van der Waals surface area (Å²) in [6, 6.07) is 16.3. The zero-order valence-electron chi connectivity index (χ0n) is 14.6. The zero-order chi connectivity index (χ0) is 17.3. The molecular weight excluding hydrogens is 318 g/mol. The fourth-order valence-corrected chi connectivity index (χ4v) is 4.02. The van der Waals surface area contributed by atoms with Gasteiger partial charge in [0.2, 0.25) is 5.91 Å². The molecule has 0 bridgehead atoms. The number of thioether (sulfide) groups is 1. The lowest BCUT2D eigenvalue weighted by Gasteiger charge is -2.25. The molecule has 126 valence electrons. The third-order valence-corrected chi connectivity index (χ3v) is 5.49. The van der Waals surface area contributed by atoms with Gasteiger partial charge in [-0.15, -0.1) is 11.8 Å². The molecule has 24 heavy (non-hydrogen) atoms. The third-order valence-electron chi connectivity index (χ3n) is 4.28. The van der Waals surface area contributed by atoms with Gasteiger partial charge in [-0.1, -0.05) is 45.0 Å². The van der Waals surface area contributed by atoms with Gasteiger partial charge in [0.1, 0.15) is 11.1 Å². The van der Waals surface area contributed by atoms with Crippen LogP contribution < -0.4 is 9.64 Å². The first-order valence-corrected chi connectivity index (χ1v) is 9.13. The van der Waals surface area contributed by atoms with E-state index in [4.69, 9.17) is 4.74 Å². The van der Waals surface area contributed by atoms with Crippen molar-refractivity contribution in [2.24, 2.45) is 0 Å². The lowest BCUT2D eigenvalue weighted by atomic mass is 9.86. The van der Waals surface area contributed by atoms with Crippen LogP contribution in [0, 0.1) is 0 Å². The molecule has 0 radical (unpaired) electrons. The van der Waals surface area contributed by atoms with Gasteiger partial charge in [-0.3, -0.25) is 9.69 Å². The van der Waals surface area contributed by atoms with Crippen LogP contribution in [0.2, 0.25) is 0 Å². The van der Waals surface area contributed by atoms with Crippen LogP contribution in [0.25, 0.3) is 0 Å². The zero-order valence-corrected chi connectivity index (χ0v) is 15.4. The number of rotatable bonds is 3. The third kappa shape index (κ3) is 3.29. The smallest absolute Gasteiger partial charge is 0.238 e. The summed E-state index contributed by atoms with van der Waals surface area (Å²) in [5, 5.41) is 0.0277. The van der Waals surface area contributed by atoms with E-state index in [9.17, 15) is 4.79 Å². The second-order valence-corrected chi connectivity index (χ2v) is 8.07. The Morgan fingerprint density at radius 1 is 1.04 bits per heavy atom. The maximum Gasteiger partial charge on any atom is 0.238 e. The van der Waals surface area contributed by atoms with Crippen molar-refractivity contribution < 1.29 is 9.53 Å². The highest BCUT2D eigenvalue weighted by atomic mass is 32.2. The molecule has 1 amide bonds. The standard InChI is InChI=1S/C20H23NO2S/c1-20(2,3)15-7-5-14(6-8-15)19-21(18(22)13-24-19)16-9-11-17(23-4)12-10-16/h5-12,19H,13H2,1-4H3/t19-/m1/s1. The minimum Gasteiger partial charge on any atom is -0.497 e. The topological polar surface area (TPSA) is 29.5 Å². The Labute approximate surface area is 148 Å². The van der Waals surface area contributed by atoms with Crippen LogP contribution in [0.4, 0.5) is 5.69 Å². The van der Waals surface area contributed by atoms with Crippen LogP contribution in [0.3, 0.4) is 0 Å². The van der Waals surface area contributed by atoms with Gasteiger partial charge in [-0.2, -0.15) is 0 Å². The Bertz CT molecular complexity index is 717. The van der Waals surface area contributed by atoms with Crippen LogP contribution >= 0.6 is 11.8 Å². The minimum absolute atomic E-state index is 0.0277. The molecule has 0 N–H and O–H groups in total. The van der Waals surface area contributed by atoms with Gasteiger partial charge < -0.3 is 4.74 Å². The lowest BCUT2D eigenvalue weighted by Crippen LogP contribution is -2.27. The first-order valence-electron chi connectivity index (χ1n) is 8.08. The Balaban J connectivity index is 1.90. The first kappa shape index (κ1) is 16.9. The quantitative estimate of drug-likeness (QED) is 0.805. The molecule has 0 spiro atoms. The number of nitrogens with zero attached hydrogens (tertiary/aromatic N) is 1. The van der Waals surface area contributed by atoms with Gasteiger partial charge in [-0.05, 0) is 40.8 Å². The number of ether oxygens (including phenoxy) is 1. The van der Waals surface area contributed by atoms with Crippen LogP contribution in [0.1, 0.15) is 37.3 Å². The predicted octanol–water partition coefficient (Wildman–Crippen LogP) is 4.77. The molecule has 0 unspecified atom stereocenters. The van der Waals surface area contributed by atoms with E-state index in [0.29, 0.717) is 5.75 Å². The van der Waals surface area contributed by atoms with Gasteiger partial charge in [0, 0.05) is 5.69 Å².